The summed E-state index contributed by atoms with van der Waals surface area (Å²) < 4.78 is 5.72. The molecule has 0 aliphatic heterocycles. The third-order valence-corrected chi connectivity index (χ3v) is 4.73. The van der Waals surface area contributed by atoms with Gasteiger partial charge < -0.3 is 15.4 Å². The number of para-hydroxylation sites is 2. The highest BCUT2D eigenvalue weighted by Gasteiger charge is 2.18. The first kappa shape index (κ1) is 20.2. The molecule has 0 unspecified atom stereocenters. The second kappa shape index (κ2) is 9.61. The zero-order valence-corrected chi connectivity index (χ0v) is 16.5. The molecule has 1 fully saturated rings. The molecule has 9 heteroatoms. The van der Waals surface area contributed by atoms with Crippen LogP contribution in [0.4, 0.5) is 10.5 Å². The number of hydrogen-bond acceptors (Lipinski definition) is 5. The predicted octanol–water partition coefficient (Wildman–Crippen LogP) is 4.36. The van der Waals surface area contributed by atoms with Crippen molar-refractivity contribution < 1.29 is 14.3 Å². The van der Waals surface area contributed by atoms with Crippen molar-refractivity contribution in [3.05, 3.63) is 46.6 Å². The number of hydrogen-bond donors (Lipinski definition) is 3. The van der Waals surface area contributed by atoms with E-state index in [-0.39, 0.29) is 23.5 Å². The van der Waals surface area contributed by atoms with Gasteiger partial charge in [0.25, 0.3) is 0 Å². The standard InChI is InChI=1S/C19H20Cl2N4O3/c20-12-9-14(21)18(23-10-12)28-16-8-4-3-7-15(16)22-11-17(26)25-19(27)24-13-5-1-2-6-13/h3-4,7-10,13,22H,1-2,5-6,11H2,(H2,24,25,26,27). The molecule has 3 rings (SSSR count). The first-order valence-corrected chi connectivity index (χ1v) is 9.69. The highest BCUT2D eigenvalue weighted by molar-refractivity contribution is 6.35. The number of rotatable bonds is 6. The maximum atomic E-state index is 12.0. The van der Waals surface area contributed by atoms with Crippen LogP contribution in [0.5, 0.6) is 11.6 Å². The summed E-state index contributed by atoms with van der Waals surface area (Å²) in [5.74, 6) is 0.177. The summed E-state index contributed by atoms with van der Waals surface area (Å²) >= 11 is 11.9. The Balaban J connectivity index is 1.55. The second-order valence-electron chi connectivity index (χ2n) is 6.40. The van der Waals surface area contributed by atoms with Crippen LogP contribution in [0.2, 0.25) is 10.0 Å². The van der Waals surface area contributed by atoms with E-state index in [1.165, 1.54) is 12.3 Å². The number of carbonyl (C=O) groups is 2. The van der Waals surface area contributed by atoms with Gasteiger partial charge in [-0.1, -0.05) is 48.2 Å². The largest absolute Gasteiger partial charge is 0.435 e. The first-order chi connectivity index (χ1) is 13.5. The Hall–Kier alpha value is -2.51. The van der Waals surface area contributed by atoms with Crippen LogP contribution >= 0.6 is 23.2 Å². The van der Waals surface area contributed by atoms with E-state index in [0.717, 1.165) is 25.7 Å². The lowest BCUT2D eigenvalue weighted by Crippen LogP contribution is -2.45. The summed E-state index contributed by atoms with van der Waals surface area (Å²) in [5, 5.41) is 8.74. The van der Waals surface area contributed by atoms with E-state index in [0.29, 0.717) is 16.5 Å². The van der Waals surface area contributed by atoms with Crippen molar-refractivity contribution in [3.63, 3.8) is 0 Å². The van der Waals surface area contributed by atoms with E-state index >= 15 is 0 Å². The number of aromatic nitrogens is 1. The van der Waals surface area contributed by atoms with Crippen molar-refractivity contribution in [1.82, 2.24) is 15.6 Å². The average molecular weight is 423 g/mol. The second-order valence-corrected chi connectivity index (χ2v) is 7.24. The van der Waals surface area contributed by atoms with Gasteiger partial charge in [-0.2, -0.15) is 0 Å². The lowest BCUT2D eigenvalue weighted by molar-refractivity contribution is -0.118. The van der Waals surface area contributed by atoms with Crippen LogP contribution < -0.4 is 20.7 Å². The smallest absolute Gasteiger partial charge is 0.321 e. The van der Waals surface area contributed by atoms with Gasteiger partial charge in [0.15, 0.2) is 5.75 Å². The van der Waals surface area contributed by atoms with Crippen LogP contribution in [0.15, 0.2) is 36.5 Å². The molecule has 0 bridgehead atoms. The van der Waals surface area contributed by atoms with Crippen LogP contribution in [0, 0.1) is 0 Å². The molecule has 0 spiro atoms. The summed E-state index contributed by atoms with van der Waals surface area (Å²) in [6.45, 7) is -0.0970. The lowest BCUT2D eigenvalue weighted by Gasteiger charge is -2.14. The van der Waals surface area contributed by atoms with E-state index in [1.54, 1.807) is 24.3 Å². The minimum Gasteiger partial charge on any atom is -0.435 e. The van der Waals surface area contributed by atoms with Gasteiger partial charge in [0, 0.05) is 12.2 Å². The van der Waals surface area contributed by atoms with E-state index in [9.17, 15) is 9.59 Å². The highest BCUT2D eigenvalue weighted by Crippen LogP contribution is 2.33. The normalized spacial score (nSPS) is 13.8. The highest BCUT2D eigenvalue weighted by atomic mass is 35.5. The maximum Gasteiger partial charge on any atom is 0.321 e. The third kappa shape index (κ3) is 5.74. The first-order valence-electron chi connectivity index (χ1n) is 8.93. The molecule has 1 heterocycles. The van der Waals surface area contributed by atoms with Crippen LogP contribution in [0.25, 0.3) is 0 Å². The molecule has 3 amide bonds. The lowest BCUT2D eigenvalue weighted by atomic mass is 10.2. The number of nitrogens with one attached hydrogen (secondary N) is 3. The molecule has 148 valence electrons. The van der Waals surface area contributed by atoms with Crippen LogP contribution in [0.1, 0.15) is 25.7 Å². The molecule has 1 aliphatic rings. The molecule has 1 aromatic carbocycles. The number of anilines is 1. The Kier molecular flexibility index (Phi) is 6.95. The molecular weight excluding hydrogens is 403 g/mol. The Morgan fingerprint density at radius 1 is 1.18 bits per heavy atom. The third-order valence-electron chi connectivity index (χ3n) is 4.25. The summed E-state index contributed by atoms with van der Waals surface area (Å²) in [6, 6.07) is 8.21. The molecule has 3 N–H and O–H groups in total. The molecule has 1 aliphatic carbocycles. The molecule has 0 atom stereocenters. The summed E-state index contributed by atoms with van der Waals surface area (Å²) in [7, 11) is 0. The molecule has 0 saturated heterocycles. The fraction of sp³-hybridized carbons (Fsp3) is 0.316. The molecular formula is C19H20Cl2N4O3. The molecule has 2 aromatic rings. The topological polar surface area (TPSA) is 92.3 Å². The number of carbonyl (C=O) groups excluding carboxylic acids is 2. The van der Waals surface area contributed by atoms with Crippen molar-refractivity contribution in [2.24, 2.45) is 0 Å². The Bertz CT molecular complexity index is 857. The van der Waals surface area contributed by atoms with E-state index < -0.39 is 11.9 Å². The van der Waals surface area contributed by atoms with E-state index in [2.05, 4.69) is 20.9 Å². The van der Waals surface area contributed by atoms with E-state index in [4.69, 9.17) is 27.9 Å². The van der Waals surface area contributed by atoms with Crippen LogP contribution in [-0.2, 0) is 4.79 Å². The van der Waals surface area contributed by atoms with Gasteiger partial charge in [0.1, 0.15) is 5.02 Å². The molecule has 0 radical (unpaired) electrons. The Morgan fingerprint density at radius 2 is 1.93 bits per heavy atom. The van der Waals surface area contributed by atoms with Crippen molar-refractivity contribution in [2.75, 3.05) is 11.9 Å². The minimum atomic E-state index is -0.472. The van der Waals surface area contributed by atoms with Crippen LogP contribution in [0.3, 0.4) is 0 Å². The zero-order valence-electron chi connectivity index (χ0n) is 15.0. The number of nitrogens with zero attached hydrogens (tertiary/aromatic N) is 1. The van der Waals surface area contributed by atoms with Crippen molar-refractivity contribution in [2.45, 2.75) is 31.7 Å². The van der Waals surface area contributed by atoms with Gasteiger partial charge in [-0.25, -0.2) is 9.78 Å². The van der Waals surface area contributed by atoms with Crippen molar-refractivity contribution in [3.8, 4) is 11.6 Å². The number of amides is 3. The van der Waals surface area contributed by atoms with Gasteiger partial charge in [-0.15, -0.1) is 0 Å². The fourth-order valence-corrected chi connectivity index (χ4v) is 3.34. The van der Waals surface area contributed by atoms with Gasteiger partial charge >= 0.3 is 6.03 Å². The summed E-state index contributed by atoms with van der Waals surface area (Å²) in [5.41, 5.74) is 0.557. The summed E-state index contributed by atoms with van der Waals surface area (Å²) in [4.78, 5) is 28.0. The average Bonchev–Trinajstić information content (AvgIpc) is 3.16. The van der Waals surface area contributed by atoms with Gasteiger partial charge in [-0.3, -0.25) is 10.1 Å². The number of imide groups is 1. The van der Waals surface area contributed by atoms with Crippen molar-refractivity contribution >= 4 is 40.8 Å². The van der Waals surface area contributed by atoms with Gasteiger partial charge in [0.2, 0.25) is 11.8 Å². The minimum absolute atomic E-state index is 0.0970. The number of halogens is 2. The number of urea groups is 1. The summed E-state index contributed by atoms with van der Waals surface area (Å²) in [6.07, 6.45) is 5.53. The Morgan fingerprint density at radius 3 is 2.68 bits per heavy atom. The molecule has 1 saturated carbocycles. The van der Waals surface area contributed by atoms with Gasteiger partial charge in [-0.05, 0) is 31.0 Å². The predicted molar refractivity (Wildman–Crippen MR) is 108 cm³/mol. The molecule has 7 nitrogen and oxygen atoms in total. The molecule has 28 heavy (non-hydrogen) atoms. The molecule has 1 aromatic heterocycles. The monoisotopic (exact) mass is 422 g/mol. The van der Waals surface area contributed by atoms with Crippen LogP contribution in [-0.4, -0.2) is 29.5 Å². The Labute approximate surface area is 172 Å². The SMILES string of the molecule is O=C(CNc1ccccc1Oc1ncc(Cl)cc1Cl)NC(=O)NC1CCCC1. The number of benzene rings is 1. The zero-order chi connectivity index (χ0) is 19.9. The number of ether oxygens (including phenoxy) is 1. The van der Waals surface area contributed by atoms with Gasteiger partial charge in [0.05, 0.1) is 17.3 Å². The maximum absolute atomic E-state index is 12.0. The van der Waals surface area contributed by atoms with E-state index in [1.807, 2.05) is 0 Å². The fourth-order valence-electron chi connectivity index (χ4n) is 2.92. The quantitative estimate of drug-likeness (QED) is 0.642. The number of pyridine rings is 1. The van der Waals surface area contributed by atoms with Crippen molar-refractivity contribution in [1.29, 1.82) is 0 Å².